The number of fused-ring (bicyclic) bond motifs is 1. The van der Waals surface area contributed by atoms with Crippen LogP contribution < -0.4 is 0 Å². The quantitative estimate of drug-likeness (QED) is 0.409. The van der Waals surface area contributed by atoms with Crippen LogP contribution in [0.1, 0.15) is 5.69 Å². The van der Waals surface area contributed by atoms with Gasteiger partial charge in [-0.3, -0.25) is 0 Å². The zero-order valence-corrected chi connectivity index (χ0v) is 14.1. The molecule has 0 spiro atoms. The molecule has 0 saturated carbocycles. The molecule has 0 atom stereocenters. The molecule has 6 N–H and O–H groups in total. The third-order valence-corrected chi connectivity index (χ3v) is 5.30. The molecule has 0 radical (unpaired) electrons. The summed E-state index contributed by atoms with van der Waals surface area (Å²) < 4.78 is 36.4. The molecule has 0 fully saturated rings. The van der Waals surface area contributed by atoms with E-state index in [2.05, 4.69) is 24.7 Å². The second-order valence-corrected chi connectivity index (χ2v) is 8.21. The summed E-state index contributed by atoms with van der Waals surface area (Å²) in [6.45, 7) is 2.03. The van der Waals surface area contributed by atoms with Gasteiger partial charge in [-0.25, -0.2) is 18.7 Å². The molecule has 0 aliphatic carbocycles. The Balaban J connectivity index is 0.000000235. The maximum absolute atomic E-state index is 10.4. The molecule has 0 aromatic carbocycles. The number of pyridine rings is 1. The lowest BCUT2D eigenvalue weighted by Gasteiger charge is -2.11. The van der Waals surface area contributed by atoms with E-state index in [-0.39, 0.29) is 0 Å². The third-order valence-electron chi connectivity index (χ3n) is 1.95. The Bertz CT molecular complexity index is 746. The summed E-state index contributed by atoms with van der Waals surface area (Å²) in [5.74, 6) is 0. The van der Waals surface area contributed by atoms with E-state index in [1.807, 2.05) is 19.1 Å². The van der Waals surface area contributed by atoms with E-state index in [1.54, 1.807) is 6.20 Å². The number of aryl methyl sites for hydroxylation is 1. The van der Waals surface area contributed by atoms with Crippen LogP contribution in [-0.2, 0) is 22.3 Å². The Hall–Kier alpha value is -0.900. The zero-order valence-electron chi connectivity index (χ0n) is 11.4. The number of H-pyrrole nitrogens is 1. The summed E-state index contributed by atoms with van der Waals surface area (Å²) in [6.07, 6.45) is 1.79. The molecule has 0 aliphatic rings. The highest BCUT2D eigenvalue weighted by Gasteiger charge is 2.38. The van der Waals surface area contributed by atoms with Crippen LogP contribution >= 0.6 is 23.5 Å². The Kier molecular flexibility index (Phi) is 6.42. The van der Waals surface area contributed by atoms with E-state index in [4.69, 9.17) is 24.5 Å². The Morgan fingerprint density at radius 3 is 2.00 bits per heavy atom. The first-order valence-corrected chi connectivity index (χ1v) is 10.1. The van der Waals surface area contributed by atoms with E-state index in [9.17, 15) is 13.7 Å². The van der Waals surface area contributed by atoms with Crippen LogP contribution in [0.15, 0.2) is 24.4 Å². The van der Waals surface area contributed by atoms with Crippen molar-refractivity contribution >= 4 is 34.5 Å². The zero-order chi connectivity index (χ0) is 17.9. The molecular weight excluding hydrogens is 377 g/mol. The second-order valence-electron chi connectivity index (χ2n) is 4.01. The van der Waals surface area contributed by atoms with Crippen LogP contribution in [0.5, 0.6) is 0 Å². The van der Waals surface area contributed by atoms with E-state index >= 15 is 0 Å². The van der Waals surface area contributed by atoms with Gasteiger partial charge in [0.2, 0.25) is 0 Å². The van der Waals surface area contributed by atoms with Crippen molar-refractivity contribution < 1.29 is 46.8 Å². The fourth-order valence-electron chi connectivity index (χ4n) is 1.38. The topological polar surface area (TPSA) is 199 Å². The number of rotatable bonds is 4. The van der Waals surface area contributed by atoms with Crippen molar-refractivity contribution in [1.29, 1.82) is 0 Å². The van der Waals surface area contributed by atoms with Crippen molar-refractivity contribution in [2.45, 2.75) is 6.92 Å². The van der Waals surface area contributed by atoms with Crippen LogP contribution in [0.2, 0.25) is 0 Å². The maximum Gasteiger partial charge on any atom is 0.490 e. The van der Waals surface area contributed by atoms with Crippen molar-refractivity contribution in [1.82, 2.24) is 9.97 Å². The van der Waals surface area contributed by atoms with E-state index in [1.165, 1.54) is 5.39 Å². The smallest absolute Gasteiger partial charge is 0.344 e. The number of nitrogens with zero attached hydrogens (tertiary/aromatic N) is 1. The SMILES string of the molecule is Cc1cc2cccnc2[nH]1.O=P(O)(O)OP(=O)(O)OP(=O)(O)O. The second kappa shape index (κ2) is 7.33. The van der Waals surface area contributed by atoms with Gasteiger partial charge >= 0.3 is 23.5 Å². The summed E-state index contributed by atoms with van der Waals surface area (Å²) in [6, 6.07) is 6.07. The molecule has 0 amide bonds. The average molecular weight is 390 g/mol. The predicted molar refractivity (Wildman–Crippen MR) is 76.9 cm³/mol. The lowest BCUT2D eigenvalue weighted by atomic mass is 10.3. The van der Waals surface area contributed by atoms with Gasteiger partial charge in [0.05, 0.1) is 0 Å². The first-order valence-electron chi connectivity index (χ1n) is 5.54. The molecule has 0 bridgehead atoms. The number of hydrogen-bond acceptors (Lipinski definition) is 6. The fraction of sp³-hybridized carbons (Fsp3) is 0.125. The van der Waals surface area contributed by atoms with Gasteiger partial charge in [-0.15, -0.1) is 0 Å². The van der Waals surface area contributed by atoms with E-state index < -0.39 is 23.5 Å². The Labute approximate surface area is 129 Å². The average Bonchev–Trinajstić information content (AvgIpc) is 2.62. The minimum absolute atomic E-state index is 0.972. The molecular formula is C8H13N2O10P3. The van der Waals surface area contributed by atoms with Crippen LogP contribution in [0.3, 0.4) is 0 Å². The highest BCUT2D eigenvalue weighted by atomic mass is 31.3. The number of aromatic amines is 1. The minimum Gasteiger partial charge on any atom is -0.344 e. The van der Waals surface area contributed by atoms with Crippen LogP contribution in [0, 0.1) is 6.92 Å². The van der Waals surface area contributed by atoms with Crippen molar-refractivity contribution in [2.75, 3.05) is 0 Å². The predicted octanol–water partition coefficient (Wildman–Crippen LogP) is 1.18. The van der Waals surface area contributed by atoms with Gasteiger partial charge in [0.15, 0.2) is 0 Å². The lowest BCUT2D eigenvalue weighted by molar-refractivity contribution is 0.204. The normalized spacial score (nSPS) is 12.8. The summed E-state index contributed by atoms with van der Waals surface area (Å²) in [5.41, 5.74) is 2.13. The molecule has 23 heavy (non-hydrogen) atoms. The fourth-order valence-corrected chi connectivity index (χ4v) is 3.92. The Morgan fingerprint density at radius 1 is 1.04 bits per heavy atom. The maximum atomic E-state index is 10.4. The molecule has 0 aliphatic heterocycles. The van der Waals surface area contributed by atoms with Gasteiger partial charge in [-0.05, 0) is 25.1 Å². The van der Waals surface area contributed by atoms with Crippen molar-refractivity contribution in [3.8, 4) is 0 Å². The summed E-state index contributed by atoms with van der Waals surface area (Å²) >= 11 is 0. The van der Waals surface area contributed by atoms with E-state index in [0.717, 1.165) is 11.3 Å². The molecule has 15 heteroatoms. The largest absolute Gasteiger partial charge is 0.490 e. The van der Waals surface area contributed by atoms with Crippen LogP contribution in [0.4, 0.5) is 0 Å². The first-order chi connectivity index (χ1) is 10.3. The van der Waals surface area contributed by atoms with Crippen molar-refractivity contribution in [3.63, 3.8) is 0 Å². The van der Waals surface area contributed by atoms with Gasteiger partial charge < -0.3 is 29.5 Å². The molecule has 0 unspecified atom stereocenters. The Morgan fingerprint density at radius 2 is 1.57 bits per heavy atom. The number of aromatic nitrogens is 2. The molecule has 2 aromatic heterocycles. The van der Waals surface area contributed by atoms with Gasteiger partial charge in [-0.1, -0.05) is 0 Å². The summed E-state index contributed by atoms with van der Waals surface area (Å²) in [4.78, 5) is 47.5. The lowest BCUT2D eigenvalue weighted by Crippen LogP contribution is -1.91. The molecule has 2 heterocycles. The van der Waals surface area contributed by atoms with Crippen LogP contribution in [-0.4, -0.2) is 34.4 Å². The monoisotopic (exact) mass is 390 g/mol. The third kappa shape index (κ3) is 8.50. The van der Waals surface area contributed by atoms with E-state index in [0.29, 0.717) is 0 Å². The number of hydrogen-bond donors (Lipinski definition) is 6. The van der Waals surface area contributed by atoms with Crippen molar-refractivity contribution in [3.05, 3.63) is 30.1 Å². The van der Waals surface area contributed by atoms with Gasteiger partial charge in [-0.2, -0.15) is 8.62 Å². The molecule has 130 valence electrons. The molecule has 2 aromatic rings. The van der Waals surface area contributed by atoms with Gasteiger partial charge in [0, 0.05) is 17.3 Å². The highest BCUT2D eigenvalue weighted by Crippen LogP contribution is 2.64. The standard InChI is InChI=1S/C8H8N2.H5O10P3/c1-6-5-7-3-2-4-9-8(7)10-6;1-11(2,3)9-13(7,8)10-12(4,5)6/h2-5H,1H3,(H,9,10);(H,7,8)(H2,1,2,3)(H2,4,5,6). The molecule has 12 nitrogen and oxygen atoms in total. The van der Waals surface area contributed by atoms with Gasteiger partial charge in [0.25, 0.3) is 0 Å². The summed E-state index contributed by atoms with van der Waals surface area (Å²) in [5, 5.41) is 1.18. The van der Waals surface area contributed by atoms with Crippen LogP contribution in [0.25, 0.3) is 11.0 Å². The highest BCUT2D eigenvalue weighted by molar-refractivity contribution is 7.66. The number of nitrogens with one attached hydrogen (secondary N) is 1. The molecule has 2 rings (SSSR count). The van der Waals surface area contributed by atoms with Crippen molar-refractivity contribution in [2.24, 2.45) is 0 Å². The molecule has 0 saturated heterocycles. The summed E-state index contributed by atoms with van der Waals surface area (Å²) in [7, 11) is -16.2. The van der Waals surface area contributed by atoms with Gasteiger partial charge in [0.1, 0.15) is 5.65 Å². The minimum atomic E-state index is -5.46. The number of phosphoric acid groups is 3. The first kappa shape index (κ1) is 20.1.